The quantitative estimate of drug-likeness (QED) is 0.838. The third kappa shape index (κ3) is 2.52. The van der Waals surface area contributed by atoms with E-state index in [-0.39, 0.29) is 12.0 Å². The molecule has 1 saturated heterocycles. The minimum Gasteiger partial charge on any atom is -0.341 e. The lowest BCUT2D eigenvalue weighted by Gasteiger charge is -2.35. The normalized spacial score (nSPS) is 26.9. The Labute approximate surface area is 114 Å². The van der Waals surface area contributed by atoms with Gasteiger partial charge >= 0.3 is 0 Å². The first kappa shape index (κ1) is 12.7. The maximum absolute atomic E-state index is 12.7. The number of hydrogen-bond acceptors (Lipinski definition) is 2. The molecule has 2 atom stereocenters. The van der Waals surface area contributed by atoms with E-state index >= 15 is 0 Å². The zero-order chi connectivity index (χ0) is 13.2. The van der Waals surface area contributed by atoms with Gasteiger partial charge in [-0.05, 0) is 43.2 Å². The molecule has 1 aromatic rings. The van der Waals surface area contributed by atoms with E-state index in [2.05, 4.69) is 18.2 Å². The minimum atomic E-state index is 0.0650. The molecule has 0 spiro atoms. The van der Waals surface area contributed by atoms with Crippen LogP contribution < -0.4 is 5.73 Å². The molecule has 1 aromatic carbocycles. The third-order valence-electron chi connectivity index (χ3n) is 4.44. The number of fused-ring (bicyclic) bond motifs is 1. The maximum Gasteiger partial charge on any atom is 0.230 e. The van der Waals surface area contributed by atoms with E-state index in [0.29, 0.717) is 5.91 Å². The van der Waals surface area contributed by atoms with Crippen LogP contribution in [0.3, 0.4) is 0 Å². The minimum absolute atomic E-state index is 0.0650. The predicted molar refractivity (Wildman–Crippen MR) is 75.9 cm³/mol. The van der Waals surface area contributed by atoms with E-state index in [1.807, 2.05) is 11.0 Å². The van der Waals surface area contributed by atoms with Gasteiger partial charge in [-0.25, -0.2) is 0 Å². The van der Waals surface area contributed by atoms with Crippen LogP contribution in [0, 0.1) is 0 Å². The van der Waals surface area contributed by atoms with Crippen LogP contribution in [0.5, 0.6) is 0 Å². The van der Waals surface area contributed by atoms with Crippen LogP contribution in [0.2, 0.25) is 0 Å². The number of aryl methyl sites for hydroxylation is 1. The second-order valence-electron chi connectivity index (χ2n) is 5.83. The summed E-state index contributed by atoms with van der Waals surface area (Å²) in [7, 11) is 0. The summed E-state index contributed by atoms with van der Waals surface area (Å²) in [5, 5.41) is 0. The molecule has 19 heavy (non-hydrogen) atoms. The highest BCUT2D eigenvalue weighted by atomic mass is 16.2. The van der Waals surface area contributed by atoms with Crippen LogP contribution in [0.1, 0.15) is 42.7 Å². The molecule has 0 saturated carbocycles. The second-order valence-corrected chi connectivity index (χ2v) is 5.83. The van der Waals surface area contributed by atoms with Gasteiger partial charge in [0.2, 0.25) is 5.91 Å². The van der Waals surface area contributed by atoms with Gasteiger partial charge in [0.05, 0.1) is 5.92 Å². The van der Waals surface area contributed by atoms with Crippen molar-refractivity contribution in [1.82, 2.24) is 4.90 Å². The maximum atomic E-state index is 12.7. The van der Waals surface area contributed by atoms with Gasteiger partial charge in [-0.15, -0.1) is 0 Å². The van der Waals surface area contributed by atoms with Crippen molar-refractivity contribution in [1.29, 1.82) is 0 Å². The van der Waals surface area contributed by atoms with Crippen LogP contribution in [0.15, 0.2) is 24.3 Å². The van der Waals surface area contributed by atoms with E-state index in [0.717, 1.165) is 45.2 Å². The van der Waals surface area contributed by atoms with Crippen LogP contribution in [0.25, 0.3) is 0 Å². The Morgan fingerprint density at radius 2 is 2.05 bits per heavy atom. The van der Waals surface area contributed by atoms with Gasteiger partial charge in [-0.2, -0.15) is 0 Å². The zero-order valence-corrected chi connectivity index (χ0v) is 11.3. The number of nitrogens with zero attached hydrogens (tertiary/aromatic N) is 1. The fourth-order valence-electron chi connectivity index (χ4n) is 3.44. The summed E-state index contributed by atoms with van der Waals surface area (Å²) in [4.78, 5) is 14.7. The predicted octanol–water partition coefficient (Wildman–Crippen LogP) is 2.06. The summed E-state index contributed by atoms with van der Waals surface area (Å²) in [6.45, 7) is 1.61. The highest BCUT2D eigenvalue weighted by Gasteiger charge is 2.31. The summed E-state index contributed by atoms with van der Waals surface area (Å²) in [5.74, 6) is 0.359. The monoisotopic (exact) mass is 258 g/mol. The van der Waals surface area contributed by atoms with Crippen LogP contribution in [-0.4, -0.2) is 29.9 Å². The number of benzene rings is 1. The molecule has 3 nitrogen and oxygen atoms in total. The Morgan fingerprint density at radius 1 is 1.21 bits per heavy atom. The van der Waals surface area contributed by atoms with Crippen molar-refractivity contribution in [2.45, 2.75) is 44.1 Å². The fourth-order valence-corrected chi connectivity index (χ4v) is 3.44. The number of piperidine rings is 1. The lowest BCUT2D eigenvalue weighted by molar-refractivity contribution is -0.134. The van der Waals surface area contributed by atoms with E-state index in [1.165, 1.54) is 11.1 Å². The molecule has 1 aliphatic heterocycles. The van der Waals surface area contributed by atoms with E-state index < -0.39 is 0 Å². The van der Waals surface area contributed by atoms with Crippen molar-refractivity contribution in [2.75, 3.05) is 13.1 Å². The topological polar surface area (TPSA) is 46.3 Å². The first-order valence-electron chi connectivity index (χ1n) is 7.38. The highest BCUT2D eigenvalue weighted by molar-refractivity contribution is 5.84. The number of nitrogens with two attached hydrogens (primary N) is 1. The molecule has 1 fully saturated rings. The van der Waals surface area contributed by atoms with Gasteiger partial charge < -0.3 is 10.6 Å². The fraction of sp³-hybridized carbons (Fsp3) is 0.562. The summed E-state index contributed by atoms with van der Waals surface area (Å²) >= 11 is 0. The van der Waals surface area contributed by atoms with Crippen molar-refractivity contribution in [3.8, 4) is 0 Å². The standard InChI is InChI=1S/C16H22N2O/c17-13-7-4-10-18(11-13)16(19)15-9-3-6-12-5-1-2-8-14(12)15/h1-2,5,8,13,15H,3-4,6-7,9-11,17H2/t13-,15?/m1/s1. The lowest BCUT2D eigenvalue weighted by atomic mass is 9.82. The summed E-state index contributed by atoms with van der Waals surface area (Å²) in [5.41, 5.74) is 8.60. The second kappa shape index (κ2) is 5.33. The van der Waals surface area contributed by atoms with E-state index in [4.69, 9.17) is 5.73 Å². The van der Waals surface area contributed by atoms with Crippen molar-refractivity contribution in [3.63, 3.8) is 0 Å². The molecule has 0 aromatic heterocycles. The molecule has 3 rings (SSSR count). The molecule has 102 valence electrons. The SMILES string of the molecule is N[C@@H]1CCCN(C(=O)C2CCCc3ccccc32)C1. The van der Waals surface area contributed by atoms with Gasteiger partial charge in [0.25, 0.3) is 0 Å². The molecule has 1 unspecified atom stereocenters. The number of likely N-dealkylation sites (tertiary alicyclic amines) is 1. The molecule has 1 heterocycles. The molecular weight excluding hydrogens is 236 g/mol. The van der Waals surface area contributed by atoms with Crippen molar-refractivity contribution < 1.29 is 4.79 Å². The summed E-state index contributed by atoms with van der Waals surface area (Å²) < 4.78 is 0. The molecule has 1 amide bonds. The first-order valence-corrected chi connectivity index (χ1v) is 7.38. The Balaban J connectivity index is 1.81. The third-order valence-corrected chi connectivity index (χ3v) is 4.44. The highest BCUT2D eigenvalue weighted by Crippen LogP contribution is 2.33. The smallest absolute Gasteiger partial charge is 0.230 e. The van der Waals surface area contributed by atoms with Crippen molar-refractivity contribution >= 4 is 5.91 Å². The Hall–Kier alpha value is -1.35. The molecule has 2 N–H and O–H groups in total. The average molecular weight is 258 g/mol. The van der Waals surface area contributed by atoms with Crippen molar-refractivity contribution in [2.24, 2.45) is 5.73 Å². The molecule has 0 radical (unpaired) electrons. The Bertz CT molecular complexity index is 472. The summed E-state index contributed by atoms with van der Waals surface area (Å²) in [6.07, 6.45) is 5.31. The number of carbonyl (C=O) groups is 1. The molecule has 3 heteroatoms. The van der Waals surface area contributed by atoms with Gasteiger partial charge in [-0.3, -0.25) is 4.79 Å². The van der Waals surface area contributed by atoms with E-state index in [9.17, 15) is 4.79 Å². The molecule has 2 aliphatic rings. The molecular formula is C16H22N2O. The van der Waals surface area contributed by atoms with Crippen LogP contribution >= 0.6 is 0 Å². The van der Waals surface area contributed by atoms with Gasteiger partial charge in [-0.1, -0.05) is 24.3 Å². The number of rotatable bonds is 1. The first-order chi connectivity index (χ1) is 9.25. The number of carbonyl (C=O) groups excluding carboxylic acids is 1. The Morgan fingerprint density at radius 3 is 2.89 bits per heavy atom. The van der Waals surface area contributed by atoms with Gasteiger partial charge in [0.1, 0.15) is 0 Å². The van der Waals surface area contributed by atoms with E-state index in [1.54, 1.807) is 0 Å². The number of hydrogen-bond donors (Lipinski definition) is 1. The van der Waals surface area contributed by atoms with Gasteiger partial charge in [0.15, 0.2) is 0 Å². The van der Waals surface area contributed by atoms with Crippen LogP contribution in [0.4, 0.5) is 0 Å². The van der Waals surface area contributed by atoms with Crippen LogP contribution in [-0.2, 0) is 11.2 Å². The zero-order valence-electron chi connectivity index (χ0n) is 11.3. The average Bonchev–Trinajstić information content (AvgIpc) is 2.46. The molecule has 0 bridgehead atoms. The van der Waals surface area contributed by atoms with Crippen molar-refractivity contribution in [3.05, 3.63) is 35.4 Å². The lowest BCUT2D eigenvalue weighted by Crippen LogP contribution is -2.47. The summed E-state index contributed by atoms with van der Waals surface area (Å²) in [6, 6.07) is 8.57. The largest absolute Gasteiger partial charge is 0.341 e. The molecule has 1 aliphatic carbocycles. The number of amides is 1. The van der Waals surface area contributed by atoms with Gasteiger partial charge in [0, 0.05) is 19.1 Å². The Kier molecular flexibility index (Phi) is 3.56.